The van der Waals surface area contributed by atoms with Gasteiger partial charge in [0, 0.05) is 42.1 Å². The normalized spacial score (nSPS) is 17.7. The number of rotatable bonds is 3. The molecule has 2 heterocycles. The maximum Gasteiger partial charge on any atom is 0.254 e. The maximum atomic E-state index is 12.8. The van der Waals surface area contributed by atoms with Crippen LogP contribution in [0.4, 0.5) is 5.82 Å². The Kier molecular flexibility index (Phi) is 4.46. The standard InChI is InChI=1S/C19H21BrN4O/c1-13-2-5-15(20)12-16(13)19(25)24-10-8-23(9-11-24)18-7-6-17(21-22-18)14-3-4-14/h2,5-7,12,14H,3-4,8-11H2,1H3. The van der Waals surface area contributed by atoms with Gasteiger partial charge in [-0.1, -0.05) is 22.0 Å². The molecule has 0 radical (unpaired) electrons. The number of hydrogen-bond acceptors (Lipinski definition) is 4. The highest BCUT2D eigenvalue weighted by atomic mass is 79.9. The first-order valence-electron chi connectivity index (χ1n) is 8.76. The number of amides is 1. The van der Waals surface area contributed by atoms with Crippen LogP contribution in [-0.2, 0) is 0 Å². The summed E-state index contributed by atoms with van der Waals surface area (Å²) in [6.45, 7) is 4.97. The molecule has 1 aromatic heterocycles. The van der Waals surface area contributed by atoms with Gasteiger partial charge < -0.3 is 9.80 Å². The summed E-state index contributed by atoms with van der Waals surface area (Å²) >= 11 is 3.45. The molecule has 130 valence electrons. The molecule has 0 unspecified atom stereocenters. The van der Waals surface area contributed by atoms with Crippen molar-refractivity contribution >= 4 is 27.7 Å². The van der Waals surface area contributed by atoms with Crippen LogP contribution in [0.15, 0.2) is 34.8 Å². The van der Waals surface area contributed by atoms with E-state index in [0.29, 0.717) is 19.0 Å². The number of hydrogen-bond donors (Lipinski definition) is 0. The van der Waals surface area contributed by atoms with E-state index in [1.165, 1.54) is 12.8 Å². The number of benzene rings is 1. The van der Waals surface area contributed by atoms with Gasteiger partial charge in [0.05, 0.1) is 5.69 Å². The van der Waals surface area contributed by atoms with Gasteiger partial charge in [0.25, 0.3) is 5.91 Å². The van der Waals surface area contributed by atoms with Crippen LogP contribution in [0.25, 0.3) is 0 Å². The lowest BCUT2D eigenvalue weighted by molar-refractivity contribution is 0.0745. The van der Waals surface area contributed by atoms with Gasteiger partial charge in [-0.05, 0) is 49.6 Å². The Labute approximate surface area is 156 Å². The molecule has 25 heavy (non-hydrogen) atoms. The molecule has 0 N–H and O–H groups in total. The number of nitrogens with zero attached hydrogens (tertiary/aromatic N) is 4. The number of aryl methyl sites for hydroxylation is 1. The van der Waals surface area contributed by atoms with Crippen molar-refractivity contribution in [3.05, 3.63) is 51.6 Å². The van der Waals surface area contributed by atoms with Crippen molar-refractivity contribution in [3.63, 3.8) is 0 Å². The SMILES string of the molecule is Cc1ccc(Br)cc1C(=O)N1CCN(c2ccc(C3CC3)nn2)CC1. The van der Waals surface area contributed by atoms with Crippen LogP contribution in [0.3, 0.4) is 0 Å². The Morgan fingerprint density at radius 3 is 2.48 bits per heavy atom. The summed E-state index contributed by atoms with van der Waals surface area (Å²) in [5.74, 6) is 1.65. The van der Waals surface area contributed by atoms with Gasteiger partial charge in [0.1, 0.15) is 0 Å². The minimum Gasteiger partial charge on any atom is -0.352 e. The molecule has 4 rings (SSSR count). The molecule has 2 fully saturated rings. The Bertz CT molecular complexity index is 781. The molecule has 0 bridgehead atoms. The van der Waals surface area contributed by atoms with Crippen LogP contribution in [0.5, 0.6) is 0 Å². The summed E-state index contributed by atoms with van der Waals surface area (Å²) in [7, 11) is 0. The minimum atomic E-state index is 0.105. The predicted molar refractivity (Wildman–Crippen MR) is 101 cm³/mol. The molecule has 1 aliphatic carbocycles. The first-order valence-corrected chi connectivity index (χ1v) is 9.55. The molecule has 6 heteroatoms. The minimum absolute atomic E-state index is 0.105. The van der Waals surface area contributed by atoms with Crippen LogP contribution in [0.1, 0.15) is 40.4 Å². The summed E-state index contributed by atoms with van der Waals surface area (Å²) in [4.78, 5) is 16.9. The number of anilines is 1. The Morgan fingerprint density at radius 2 is 1.84 bits per heavy atom. The van der Waals surface area contributed by atoms with E-state index in [9.17, 15) is 4.79 Å². The van der Waals surface area contributed by atoms with Gasteiger partial charge >= 0.3 is 0 Å². The number of aromatic nitrogens is 2. The van der Waals surface area contributed by atoms with Gasteiger partial charge in [-0.15, -0.1) is 5.10 Å². The number of carbonyl (C=O) groups is 1. The number of piperazine rings is 1. The fourth-order valence-corrected chi connectivity index (χ4v) is 3.60. The topological polar surface area (TPSA) is 49.3 Å². The molecule has 2 aromatic rings. The molecular formula is C19H21BrN4O. The van der Waals surface area contributed by atoms with Crippen LogP contribution in [-0.4, -0.2) is 47.2 Å². The molecule has 1 aromatic carbocycles. The van der Waals surface area contributed by atoms with Gasteiger partial charge in [-0.2, -0.15) is 5.10 Å². The lowest BCUT2D eigenvalue weighted by atomic mass is 10.1. The summed E-state index contributed by atoms with van der Waals surface area (Å²) < 4.78 is 0.936. The van der Waals surface area contributed by atoms with E-state index >= 15 is 0 Å². The zero-order valence-electron chi connectivity index (χ0n) is 14.3. The second-order valence-corrected chi connectivity index (χ2v) is 7.74. The summed E-state index contributed by atoms with van der Waals surface area (Å²) in [6.07, 6.45) is 2.48. The van der Waals surface area contributed by atoms with Crippen molar-refractivity contribution in [3.8, 4) is 0 Å². The number of halogens is 1. The molecule has 1 saturated carbocycles. The predicted octanol–water partition coefficient (Wildman–Crippen LogP) is 3.39. The molecule has 1 saturated heterocycles. The van der Waals surface area contributed by atoms with E-state index in [-0.39, 0.29) is 5.91 Å². The summed E-state index contributed by atoms with van der Waals surface area (Å²) in [5.41, 5.74) is 2.90. The molecule has 1 amide bonds. The highest BCUT2D eigenvalue weighted by molar-refractivity contribution is 9.10. The highest BCUT2D eigenvalue weighted by Crippen LogP contribution is 2.38. The molecule has 0 atom stereocenters. The smallest absolute Gasteiger partial charge is 0.254 e. The van der Waals surface area contributed by atoms with Crippen molar-refractivity contribution in [1.29, 1.82) is 0 Å². The summed E-state index contributed by atoms with van der Waals surface area (Å²) in [5, 5.41) is 8.75. The van der Waals surface area contributed by atoms with Gasteiger partial charge in [-0.3, -0.25) is 4.79 Å². The largest absolute Gasteiger partial charge is 0.352 e. The molecule has 0 spiro atoms. The van der Waals surface area contributed by atoms with Gasteiger partial charge in [0.2, 0.25) is 0 Å². The van der Waals surface area contributed by atoms with Crippen LogP contribution < -0.4 is 4.90 Å². The highest BCUT2D eigenvalue weighted by Gasteiger charge is 2.27. The third-order valence-corrected chi connectivity index (χ3v) is 5.48. The van der Waals surface area contributed by atoms with Crippen molar-refractivity contribution < 1.29 is 4.79 Å². The first-order chi connectivity index (χ1) is 12.1. The third kappa shape index (κ3) is 3.54. The first kappa shape index (κ1) is 16.5. The van der Waals surface area contributed by atoms with Crippen molar-refractivity contribution in [2.24, 2.45) is 0 Å². The third-order valence-electron chi connectivity index (χ3n) is 4.99. The Balaban J connectivity index is 1.40. The summed E-state index contributed by atoms with van der Waals surface area (Å²) in [6, 6.07) is 10.0. The van der Waals surface area contributed by atoms with E-state index in [1.807, 2.05) is 30.0 Å². The molecule has 2 aliphatic rings. The second-order valence-electron chi connectivity index (χ2n) is 6.83. The van der Waals surface area contributed by atoms with Crippen molar-refractivity contribution in [1.82, 2.24) is 15.1 Å². The average molecular weight is 401 g/mol. The fraction of sp³-hybridized carbons (Fsp3) is 0.421. The Morgan fingerprint density at radius 1 is 1.08 bits per heavy atom. The molecule has 1 aliphatic heterocycles. The van der Waals surface area contributed by atoms with E-state index < -0.39 is 0 Å². The van der Waals surface area contributed by atoms with Crippen LogP contribution in [0.2, 0.25) is 0 Å². The lowest BCUT2D eigenvalue weighted by Crippen LogP contribution is -2.49. The van der Waals surface area contributed by atoms with Gasteiger partial charge in [0.15, 0.2) is 5.82 Å². The van der Waals surface area contributed by atoms with Crippen molar-refractivity contribution in [2.75, 3.05) is 31.1 Å². The van der Waals surface area contributed by atoms with Crippen LogP contribution in [0, 0.1) is 6.92 Å². The molecular weight excluding hydrogens is 380 g/mol. The Hall–Kier alpha value is -1.95. The van der Waals surface area contributed by atoms with Crippen molar-refractivity contribution in [2.45, 2.75) is 25.7 Å². The monoisotopic (exact) mass is 400 g/mol. The average Bonchev–Trinajstić information content (AvgIpc) is 3.49. The number of carbonyl (C=O) groups excluding carboxylic acids is 1. The van der Waals surface area contributed by atoms with Crippen LogP contribution >= 0.6 is 15.9 Å². The zero-order chi connectivity index (χ0) is 17.4. The van der Waals surface area contributed by atoms with E-state index in [2.05, 4.69) is 43.2 Å². The van der Waals surface area contributed by atoms with E-state index in [1.54, 1.807) is 0 Å². The van der Waals surface area contributed by atoms with Gasteiger partial charge in [-0.25, -0.2) is 0 Å². The fourth-order valence-electron chi connectivity index (χ4n) is 3.23. The van der Waals surface area contributed by atoms with E-state index in [4.69, 9.17) is 0 Å². The second kappa shape index (κ2) is 6.75. The zero-order valence-corrected chi connectivity index (χ0v) is 15.9. The quantitative estimate of drug-likeness (QED) is 0.791. The maximum absolute atomic E-state index is 12.8. The van der Waals surface area contributed by atoms with E-state index in [0.717, 1.165) is 40.2 Å². The molecule has 5 nitrogen and oxygen atoms in total. The lowest BCUT2D eigenvalue weighted by Gasteiger charge is -2.35.